The summed E-state index contributed by atoms with van der Waals surface area (Å²) in [7, 11) is 0. The first-order valence-corrected chi connectivity index (χ1v) is 18.2. The number of nitrogens with zero attached hydrogens (tertiary/aromatic N) is 1. The zero-order chi connectivity index (χ0) is 35.3. The molecule has 0 atom stereocenters. The summed E-state index contributed by atoms with van der Waals surface area (Å²) in [6, 6.07) is 60.4. The van der Waals surface area contributed by atoms with E-state index < -0.39 is 0 Å². The quantitative estimate of drug-likeness (QED) is 0.168. The van der Waals surface area contributed by atoms with Crippen LogP contribution < -0.4 is 4.90 Å². The molecule has 8 aromatic carbocycles. The van der Waals surface area contributed by atoms with Crippen LogP contribution >= 0.6 is 0 Å². The van der Waals surface area contributed by atoms with Crippen LogP contribution in [0.25, 0.3) is 71.9 Å². The molecule has 0 fully saturated rings. The van der Waals surface area contributed by atoms with Crippen LogP contribution in [0.5, 0.6) is 0 Å². The first-order chi connectivity index (χ1) is 26.2. The first-order valence-electron chi connectivity index (χ1n) is 18.2. The Balaban J connectivity index is 1.19. The minimum Gasteiger partial charge on any atom is -0.456 e. The fourth-order valence-electron chi connectivity index (χ4n) is 8.00. The molecule has 0 aliphatic heterocycles. The highest BCUT2D eigenvalue weighted by Crippen LogP contribution is 2.47. The molecule has 252 valence electrons. The maximum Gasteiger partial charge on any atom is 0.143 e. The van der Waals surface area contributed by atoms with Crippen molar-refractivity contribution in [2.45, 2.75) is 13.3 Å². The van der Waals surface area contributed by atoms with Crippen LogP contribution in [0.4, 0.5) is 17.1 Å². The lowest BCUT2D eigenvalue weighted by molar-refractivity contribution is 0.669. The molecule has 0 radical (unpaired) electrons. The largest absolute Gasteiger partial charge is 0.456 e. The van der Waals surface area contributed by atoms with E-state index in [1.54, 1.807) is 0 Å². The van der Waals surface area contributed by atoms with E-state index in [2.05, 4.69) is 182 Å². The summed E-state index contributed by atoms with van der Waals surface area (Å²) in [5.41, 5.74) is 12.8. The third-order valence-electron chi connectivity index (χ3n) is 10.4. The van der Waals surface area contributed by atoms with Gasteiger partial charge in [0, 0.05) is 32.8 Å². The van der Waals surface area contributed by atoms with Gasteiger partial charge in [0.2, 0.25) is 0 Å². The summed E-state index contributed by atoms with van der Waals surface area (Å²) in [6.07, 6.45) is 5.12. The van der Waals surface area contributed by atoms with Gasteiger partial charge in [-0.2, -0.15) is 0 Å². The van der Waals surface area contributed by atoms with Crippen molar-refractivity contribution in [3.63, 3.8) is 0 Å². The van der Waals surface area contributed by atoms with Crippen molar-refractivity contribution in [2.24, 2.45) is 0 Å². The van der Waals surface area contributed by atoms with Crippen molar-refractivity contribution in [1.82, 2.24) is 0 Å². The highest BCUT2D eigenvalue weighted by Gasteiger charge is 2.23. The molecule has 0 bridgehead atoms. The Bertz CT molecular complexity index is 3020. The normalized spacial score (nSPS) is 11.9. The summed E-state index contributed by atoms with van der Waals surface area (Å²) >= 11 is 0. The lowest BCUT2D eigenvalue weighted by Gasteiger charge is -2.29. The Kier molecular flexibility index (Phi) is 7.43. The van der Waals surface area contributed by atoms with Gasteiger partial charge in [-0.25, -0.2) is 0 Å². The Morgan fingerprint density at radius 3 is 2.23 bits per heavy atom. The lowest BCUT2D eigenvalue weighted by Crippen LogP contribution is -2.12. The summed E-state index contributed by atoms with van der Waals surface area (Å²) < 4.78 is 12.9. The van der Waals surface area contributed by atoms with Gasteiger partial charge in [-0.1, -0.05) is 127 Å². The number of rotatable bonds is 7. The fourth-order valence-corrected chi connectivity index (χ4v) is 8.00. The van der Waals surface area contributed by atoms with Crippen molar-refractivity contribution in [1.29, 1.82) is 0 Å². The number of para-hydroxylation sites is 2. The Morgan fingerprint density at radius 1 is 0.528 bits per heavy atom. The van der Waals surface area contributed by atoms with Gasteiger partial charge < -0.3 is 13.7 Å². The van der Waals surface area contributed by atoms with Crippen LogP contribution in [0.3, 0.4) is 0 Å². The fraction of sp³-hybridized carbons (Fsp3) is 0.0400. The molecule has 10 aromatic rings. The second kappa shape index (κ2) is 12.7. The van der Waals surface area contributed by atoms with Gasteiger partial charge in [0.15, 0.2) is 0 Å². The highest BCUT2D eigenvalue weighted by molar-refractivity contribution is 6.16. The Morgan fingerprint density at radius 2 is 1.28 bits per heavy atom. The number of furan rings is 2. The van der Waals surface area contributed by atoms with E-state index >= 15 is 0 Å². The summed E-state index contributed by atoms with van der Waals surface area (Å²) in [4.78, 5) is 2.41. The molecular formula is C50H35NO2. The standard InChI is InChI=1S/C50H35NO2/c1-2-13-34-15-3-4-17-36(34)30-33-14-11-18-38(31-33)51(45-23-12-25-48-49(45)42-21-8-10-24-46(42)52-48)44-22-9-7-19-39(44)37-27-29-47-43(32-37)41-28-26-35-16-5-6-20-40(35)50(41)53-47/h2-29,31-32H,30H2,1H3/b13-2-. The first kappa shape index (κ1) is 30.9. The number of anilines is 3. The van der Waals surface area contributed by atoms with E-state index in [4.69, 9.17) is 8.83 Å². The van der Waals surface area contributed by atoms with Gasteiger partial charge in [-0.15, -0.1) is 0 Å². The van der Waals surface area contributed by atoms with E-state index in [0.717, 1.165) is 83.9 Å². The third-order valence-corrected chi connectivity index (χ3v) is 10.4. The molecule has 2 heterocycles. The van der Waals surface area contributed by atoms with Gasteiger partial charge in [0.05, 0.1) is 16.8 Å². The molecule has 0 aliphatic rings. The molecule has 53 heavy (non-hydrogen) atoms. The molecule has 0 unspecified atom stereocenters. The molecular weight excluding hydrogens is 647 g/mol. The van der Waals surface area contributed by atoms with Gasteiger partial charge in [0.1, 0.15) is 22.3 Å². The van der Waals surface area contributed by atoms with Gasteiger partial charge >= 0.3 is 0 Å². The van der Waals surface area contributed by atoms with Gasteiger partial charge in [-0.05, 0) is 95.6 Å². The van der Waals surface area contributed by atoms with Crippen molar-refractivity contribution >= 4 is 77.8 Å². The van der Waals surface area contributed by atoms with E-state index in [0.29, 0.717) is 0 Å². The third kappa shape index (κ3) is 5.29. The average Bonchev–Trinajstić information content (AvgIpc) is 3.78. The number of allylic oxidation sites excluding steroid dienone is 1. The molecule has 2 aromatic heterocycles. The minimum atomic E-state index is 0.821. The van der Waals surface area contributed by atoms with Crippen molar-refractivity contribution in [3.8, 4) is 11.1 Å². The summed E-state index contributed by atoms with van der Waals surface area (Å²) in [5, 5.41) is 6.71. The summed E-state index contributed by atoms with van der Waals surface area (Å²) in [6.45, 7) is 2.07. The SMILES string of the molecule is C/C=C\c1ccccc1Cc1cccc(N(c2ccccc2-c2ccc3oc4c5ccccc5ccc4c3c2)c2cccc3oc4ccccc4c23)c1. The van der Waals surface area contributed by atoms with Gasteiger partial charge in [-0.3, -0.25) is 0 Å². The van der Waals surface area contributed by atoms with Gasteiger partial charge in [0.25, 0.3) is 0 Å². The van der Waals surface area contributed by atoms with Crippen LogP contribution in [0.1, 0.15) is 23.6 Å². The molecule has 0 amide bonds. The number of fused-ring (bicyclic) bond motifs is 8. The molecule has 3 nitrogen and oxygen atoms in total. The predicted octanol–water partition coefficient (Wildman–Crippen LogP) is 14.4. The molecule has 0 saturated heterocycles. The van der Waals surface area contributed by atoms with Crippen LogP contribution in [0.2, 0.25) is 0 Å². The Labute approximate surface area is 307 Å². The van der Waals surface area contributed by atoms with E-state index in [-0.39, 0.29) is 0 Å². The number of hydrogen-bond acceptors (Lipinski definition) is 3. The average molecular weight is 682 g/mol. The maximum atomic E-state index is 6.51. The Hall–Kier alpha value is -6.84. The van der Waals surface area contributed by atoms with E-state index in [9.17, 15) is 0 Å². The van der Waals surface area contributed by atoms with Crippen molar-refractivity contribution in [2.75, 3.05) is 4.90 Å². The van der Waals surface area contributed by atoms with Crippen LogP contribution in [0, 0.1) is 0 Å². The van der Waals surface area contributed by atoms with Crippen LogP contribution in [-0.4, -0.2) is 0 Å². The second-order valence-electron chi connectivity index (χ2n) is 13.6. The topological polar surface area (TPSA) is 29.5 Å². The van der Waals surface area contributed by atoms with Crippen LogP contribution in [-0.2, 0) is 6.42 Å². The molecule has 0 aliphatic carbocycles. The number of benzene rings is 8. The number of hydrogen-bond donors (Lipinski definition) is 0. The monoisotopic (exact) mass is 681 g/mol. The predicted molar refractivity (Wildman–Crippen MR) is 223 cm³/mol. The molecule has 0 spiro atoms. The minimum absolute atomic E-state index is 0.821. The lowest BCUT2D eigenvalue weighted by atomic mass is 9.97. The molecule has 10 rings (SSSR count). The van der Waals surface area contributed by atoms with E-state index in [1.807, 2.05) is 12.1 Å². The summed E-state index contributed by atoms with van der Waals surface area (Å²) in [5.74, 6) is 0. The maximum absolute atomic E-state index is 6.51. The van der Waals surface area contributed by atoms with Crippen molar-refractivity contribution in [3.05, 3.63) is 193 Å². The molecule has 0 N–H and O–H groups in total. The molecule has 0 saturated carbocycles. The molecule has 3 heteroatoms. The van der Waals surface area contributed by atoms with Crippen LogP contribution in [0.15, 0.2) is 185 Å². The van der Waals surface area contributed by atoms with Crippen molar-refractivity contribution < 1.29 is 8.83 Å². The highest BCUT2D eigenvalue weighted by atomic mass is 16.3. The second-order valence-corrected chi connectivity index (χ2v) is 13.6. The van der Waals surface area contributed by atoms with E-state index in [1.165, 1.54) is 22.1 Å². The zero-order valence-corrected chi connectivity index (χ0v) is 29.3. The smallest absolute Gasteiger partial charge is 0.143 e. The zero-order valence-electron chi connectivity index (χ0n) is 29.3.